The van der Waals surface area contributed by atoms with Crippen LogP contribution in [0.4, 0.5) is 5.69 Å². The summed E-state index contributed by atoms with van der Waals surface area (Å²) in [6.45, 7) is 12.8. The highest BCUT2D eigenvalue weighted by molar-refractivity contribution is 6.32. The second-order valence-electron chi connectivity index (χ2n) is 9.64. The number of hydrogen-bond acceptors (Lipinski definition) is 4. The van der Waals surface area contributed by atoms with E-state index < -0.39 is 0 Å². The van der Waals surface area contributed by atoms with Crippen molar-refractivity contribution in [2.45, 2.75) is 59.7 Å². The average molecular weight is 428 g/mol. The van der Waals surface area contributed by atoms with Gasteiger partial charge in [-0.3, -0.25) is 9.48 Å². The third kappa shape index (κ3) is 3.56. The Kier molecular flexibility index (Phi) is 5.64. The number of carbonyl (C=O) groups is 1. The molecular formula is C23H30ClN5O. The molecule has 0 saturated heterocycles. The van der Waals surface area contributed by atoms with Crippen LogP contribution in [0.1, 0.15) is 63.5 Å². The molecule has 30 heavy (non-hydrogen) atoms. The van der Waals surface area contributed by atoms with Gasteiger partial charge in [-0.25, -0.2) is 0 Å². The van der Waals surface area contributed by atoms with Gasteiger partial charge in [-0.15, -0.1) is 0 Å². The third-order valence-electron chi connectivity index (χ3n) is 6.43. The first-order valence-electron chi connectivity index (χ1n) is 10.2. The number of halogens is 1. The van der Waals surface area contributed by atoms with E-state index in [1.165, 1.54) is 0 Å². The SMILES string of the molecule is CC(C)n1cc(C(=O)NC2C(C)(C)C(N(C)c3ccc(C#N)c(Cl)c3)C2(C)C)cn1. The molecule has 7 heteroatoms. The maximum Gasteiger partial charge on any atom is 0.254 e. The number of carbonyl (C=O) groups excluding carboxylic acids is 1. The topological polar surface area (TPSA) is 74.0 Å². The van der Waals surface area contributed by atoms with Crippen LogP contribution >= 0.6 is 11.6 Å². The Balaban J connectivity index is 1.81. The largest absolute Gasteiger partial charge is 0.370 e. The van der Waals surface area contributed by atoms with Gasteiger partial charge >= 0.3 is 0 Å². The van der Waals surface area contributed by atoms with Gasteiger partial charge < -0.3 is 10.2 Å². The van der Waals surface area contributed by atoms with E-state index in [-0.39, 0.29) is 34.9 Å². The van der Waals surface area contributed by atoms with E-state index in [0.29, 0.717) is 16.1 Å². The lowest BCUT2D eigenvalue weighted by atomic mass is 9.47. The minimum absolute atomic E-state index is 0.0128. The van der Waals surface area contributed by atoms with Crippen molar-refractivity contribution in [1.82, 2.24) is 15.1 Å². The molecule has 160 valence electrons. The molecule has 6 nitrogen and oxygen atoms in total. The molecule has 0 spiro atoms. The molecule has 0 atom stereocenters. The average Bonchev–Trinajstić information content (AvgIpc) is 3.15. The van der Waals surface area contributed by atoms with E-state index in [9.17, 15) is 4.79 Å². The Morgan fingerprint density at radius 3 is 2.43 bits per heavy atom. The van der Waals surface area contributed by atoms with Gasteiger partial charge in [0.2, 0.25) is 0 Å². The van der Waals surface area contributed by atoms with E-state index in [4.69, 9.17) is 16.9 Å². The number of rotatable bonds is 5. The van der Waals surface area contributed by atoms with Crippen LogP contribution in [0.5, 0.6) is 0 Å². The Bertz CT molecular complexity index is 985. The smallest absolute Gasteiger partial charge is 0.254 e. The van der Waals surface area contributed by atoms with Crippen LogP contribution in [0, 0.1) is 22.2 Å². The third-order valence-corrected chi connectivity index (χ3v) is 6.75. The number of amides is 1. The predicted molar refractivity (Wildman–Crippen MR) is 120 cm³/mol. The molecule has 1 heterocycles. The van der Waals surface area contributed by atoms with E-state index in [2.05, 4.69) is 49.1 Å². The Morgan fingerprint density at radius 2 is 1.93 bits per heavy atom. The van der Waals surface area contributed by atoms with Crippen LogP contribution in [0.3, 0.4) is 0 Å². The van der Waals surface area contributed by atoms with E-state index in [1.54, 1.807) is 23.1 Å². The van der Waals surface area contributed by atoms with Gasteiger partial charge in [-0.1, -0.05) is 39.3 Å². The Labute approximate surface area is 183 Å². The van der Waals surface area contributed by atoms with Crippen LogP contribution < -0.4 is 10.2 Å². The zero-order chi connectivity index (χ0) is 22.4. The summed E-state index contributed by atoms with van der Waals surface area (Å²) in [5.74, 6) is -0.101. The molecule has 0 bridgehead atoms. The van der Waals surface area contributed by atoms with Gasteiger partial charge in [0.15, 0.2) is 0 Å². The number of benzene rings is 1. The molecule has 0 radical (unpaired) electrons. The van der Waals surface area contributed by atoms with E-state index in [1.807, 2.05) is 33.0 Å². The van der Waals surface area contributed by atoms with Crippen molar-refractivity contribution in [3.8, 4) is 6.07 Å². The molecule has 1 N–H and O–H groups in total. The molecule has 1 aliphatic rings. The minimum Gasteiger partial charge on any atom is -0.370 e. The minimum atomic E-state index is -0.178. The number of anilines is 1. The number of hydrogen-bond donors (Lipinski definition) is 1. The van der Waals surface area contributed by atoms with Gasteiger partial charge in [-0.05, 0) is 32.0 Å². The number of nitriles is 1. The molecule has 0 unspecified atom stereocenters. The number of nitrogens with zero attached hydrogens (tertiary/aromatic N) is 4. The van der Waals surface area contributed by atoms with Crippen LogP contribution in [0.25, 0.3) is 0 Å². The van der Waals surface area contributed by atoms with E-state index in [0.717, 1.165) is 5.69 Å². The first kappa shape index (κ1) is 22.2. The standard InChI is InChI=1S/C23H30ClN5O/c1-14(2)29-13-16(12-26-29)19(30)27-20-22(3,4)21(23(20,5)6)28(7)17-9-8-15(11-25)18(24)10-17/h8-10,12-14,20-21H,1-7H3,(H,27,30). The first-order valence-corrected chi connectivity index (χ1v) is 10.6. The predicted octanol–water partition coefficient (Wildman–Crippen LogP) is 4.66. The van der Waals surface area contributed by atoms with Crippen LogP contribution in [0.15, 0.2) is 30.6 Å². The van der Waals surface area contributed by atoms with Gasteiger partial charge in [0.05, 0.1) is 22.3 Å². The summed E-state index contributed by atoms with van der Waals surface area (Å²) in [6.07, 6.45) is 3.41. The second kappa shape index (κ2) is 7.63. The highest BCUT2D eigenvalue weighted by atomic mass is 35.5. The summed E-state index contributed by atoms with van der Waals surface area (Å²) in [5, 5.41) is 17.1. The summed E-state index contributed by atoms with van der Waals surface area (Å²) < 4.78 is 1.79. The fourth-order valence-electron chi connectivity index (χ4n) is 5.42. The lowest BCUT2D eigenvalue weighted by Gasteiger charge is -2.67. The van der Waals surface area contributed by atoms with Gasteiger partial charge in [0.25, 0.3) is 5.91 Å². The summed E-state index contributed by atoms with van der Waals surface area (Å²) in [7, 11) is 2.04. The molecule has 1 aromatic heterocycles. The maximum absolute atomic E-state index is 12.9. The molecule has 1 fully saturated rings. The summed E-state index contributed by atoms with van der Waals surface area (Å²) in [4.78, 5) is 15.1. The maximum atomic E-state index is 12.9. The Morgan fingerprint density at radius 1 is 1.30 bits per heavy atom. The summed E-state index contributed by atoms with van der Waals surface area (Å²) in [6, 6.07) is 7.96. The first-order chi connectivity index (χ1) is 13.9. The molecule has 1 aliphatic carbocycles. The van der Waals surface area contributed by atoms with Crippen molar-refractivity contribution < 1.29 is 4.79 Å². The van der Waals surface area contributed by atoms with Crippen molar-refractivity contribution in [2.24, 2.45) is 10.8 Å². The number of nitrogens with one attached hydrogen (secondary N) is 1. The molecule has 0 aliphatic heterocycles. The van der Waals surface area contributed by atoms with E-state index >= 15 is 0 Å². The summed E-state index contributed by atoms with van der Waals surface area (Å²) >= 11 is 6.26. The lowest BCUT2D eigenvalue weighted by molar-refractivity contribution is -0.0682. The monoisotopic (exact) mass is 427 g/mol. The lowest BCUT2D eigenvalue weighted by Crippen LogP contribution is -2.77. The highest BCUT2D eigenvalue weighted by Gasteiger charge is 2.63. The molecule has 1 amide bonds. The molecule has 2 aromatic rings. The summed E-state index contributed by atoms with van der Waals surface area (Å²) in [5.41, 5.74) is 1.64. The highest BCUT2D eigenvalue weighted by Crippen LogP contribution is 2.56. The van der Waals surface area contributed by atoms with Crippen LogP contribution in [-0.4, -0.2) is 34.8 Å². The fourth-order valence-corrected chi connectivity index (χ4v) is 5.64. The molecule has 3 rings (SSSR count). The molecular weight excluding hydrogens is 398 g/mol. The van der Waals surface area contributed by atoms with Crippen molar-refractivity contribution in [2.75, 3.05) is 11.9 Å². The number of aromatic nitrogens is 2. The second-order valence-corrected chi connectivity index (χ2v) is 10.0. The normalized spacial score (nSPS) is 21.6. The van der Waals surface area contributed by atoms with Gasteiger partial charge in [-0.2, -0.15) is 10.4 Å². The van der Waals surface area contributed by atoms with Crippen molar-refractivity contribution in [1.29, 1.82) is 5.26 Å². The van der Waals surface area contributed by atoms with Gasteiger partial charge in [0.1, 0.15) is 6.07 Å². The fraction of sp³-hybridized carbons (Fsp3) is 0.522. The van der Waals surface area contributed by atoms with Crippen molar-refractivity contribution in [3.05, 3.63) is 46.7 Å². The zero-order valence-corrected chi connectivity index (χ0v) is 19.4. The van der Waals surface area contributed by atoms with Crippen molar-refractivity contribution in [3.63, 3.8) is 0 Å². The Hall–Kier alpha value is -2.52. The molecule has 1 aromatic carbocycles. The van der Waals surface area contributed by atoms with Crippen LogP contribution in [-0.2, 0) is 0 Å². The molecule has 1 saturated carbocycles. The quantitative estimate of drug-likeness (QED) is 0.753. The van der Waals surface area contributed by atoms with Crippen molar-refractivity contribution >= 4 is 23.2 Å². The van der Waals surface area contributed by atoms with Gasteiger partial charge in [0, 0.05) is 47.9 Å². The van der Waals surface area contributed by atoms with Crippen LogP contribution in [0.2, 0.25) is 5.02 Å². The zero-order valence-electron chi connectivity index (χ0n) is 18.7.